The average Bonchev–Trinajstić information content (AvgIpc) is 2.28. The zero-order valence-corrected chi connectivity index (χ0v) is 9.45. The van der Waals surface area contributed by atoms with Crippen molar-refractivity contribution in [3.63, 3.8) is 0 Å². The number of phenols is 1. The van der Waals surface area contributed by atoms with Crippen LogP contribution in [-0.2, 0) is 0 Å². The molecule has 0 aliphatic carbocycles. The summed E-state index contributed by atoms with van der Waals surface area (Å²) in [6, 6.07) is 10.5. The molecule has 2 rings (SSSR count). The summed E-state index contributed by atoms with van der Waals surface area (Å²) in [4.78, 5) is 0. The van der Waals surface area contributed by atoms with Crippen LogP contribution in [0.1, 0.15) is 11.6 Å². The van der Waals surface area contributed by atoms with Crippen LogP contribution in [0.5, 0.6) is 5.75 Å². The summed E-state index contributed by atoms with van der Waals surface area (Å²) >= 11 is 0. The molecule has 3 nitrogen and oxygen atoms in total. The normalized spacial score (nSPS) is 12.1. The van der Waals surface area contributed by atoms with Crippen molar-refractivity contribution in [3.05, 3.63) is 42.0 Å². The van der Waals surface area contributed by atoms with Gasteiger partial charge in [-0.25, -0.2) is 0 Å². The third-order valence-corrected chi connectivity index (χ3v) is 2.52. The smallest absolute Gasteiger partial charge is 0.121 e. The lowest BCUT2D eigenvalue weighted by Crippen LogP contribution is -2.15. The predicted octanol–water partition coefficient (Wildman–Crippen LogP) is 1.96. The van der Waals surface area contributed by atoms with Gasteiger partial charge in [-0.15, -0.1) is 12.4 Å². The molecule has 0 aliphatic heterocycles. The Kier molecular flexibility index (Phi) is 4.12. The number of aromatic hydroxyl groups is 1. The van der Waals surface area contributed by atoms with Crippen molar-refractivity contribution < 1.29 is 10.2 Å². The van der Waals surface area contributed by atoms with Crippen LogP contribution >= 0.6 is 12.4 Å². The first-order valence-electron chi connectivity index (χ1n) is 4.81. The highest BCUT2D eigenvalue weighted by atomic mass is 35.5. The molecule has 0 unspecified atom stereocenters. The van der Waals surface area contributed by atoms with Crippen molar-refractivity contribution in [3.8, 4) is 5.75 Å². The maximum Gasteiger partial charge on any atom is 0.121 e. The van der Waals surface area contributed by atoms with Crippen LogP contribution in [0, 0.1) is 0 Å². The highest BCUT2D eigenvalue weighted by Crippen LogP contribution is 2.30. The molecule has 4 heteroatoms. The summed E-state index contributed by atoms with van der Waals surface area (Å²) in [5.74, 6) is 0.134. The van der Waals surface area contributed by atoms with Crippen LogP contribution in [0.4, 0.5) is 0 Å². The predicted molar refractivity (Wildman–Crippen MR) is 66.9 cm³/mol. The number of benzene rings is 2. The summed E-state index contributed by atoms with van der Waals surface area (Å²) in [5.41, 5.74) is 6.36. The van der Waals surface area contributed by atoms with Crippen LogP contribution in [0.15, 0.2) is 36.4 Å². The first-order chi connectivity index (χ1) is 7.24. The van der Waals surface area contributed by atoms with Crippen LogP contribution in [0.25, 0.3) is 10.8 Å². The molecular formula is C12H14ClNO2. The second-order valence-electron chi connectivity index (χ2n) is 3.51. The lowest BCUT2D eigenvalue weighted by molar-refractivity contribution is 0.266. The van der Waals surface area contributed by atoms with Gasteiger partial charge in [-0.3, -0.25) is 0 Å². The zero-order valence-electron chi connectivity index (χ0n) is 8.63. The van der Waals surface area contributed by atoms with E-state index in [4.69, 9.17) is 10.8 Å². The van der Waals surface area contributed by atoms with Crippen LogP contribution in [0.3, 0.4) is 0 Å². The number of hydrogen-bond acceptors (Lipinski definition) is 3. The summed E-state index contributed by atoms with van der Waals surface area (Å²) in [5, 5.41) is 20.7. The van der Waals surface area contributed by atoms with Gasteiger partial charge >= 0.3 is 0 Å². The third-order valence-electron chi connectivity index (χ3n) is 2.52. The van der Waals surface area contributed by atoms with Gasteiger partial charge in [0.1, 0.15) is 5.75 Å². The van der Waals surface area contributed by atoms with E-state index >= 15 is 0 Å². The van der Waals surface area contributed by atoms with E-state index in [1.807, 2.05) is 30.3 Å². The van der Waals surface area contributed by atoms with Crippen molar-refractivity contribution in [2.24, 2.45) is 5.73 Å². The maximum absolute atomic E-state index is 9.72. The minimum absolute atomic E-state index is 0. The highest BCUT2D eigenvalue weighted by Gasteiger charge is 2.13. The van der Waals surface area contributed by atoms with Gasteiger partial charge in [0.05, 0.1) is 12.6 Å². The SMILES string of the molecule is Cl.N[C@@H](CO)c1c(O)ccc2ccccc12. The average molecular weight is 240 g/mol. The zero-order chi connectivity index (χ0) is 10.8. The lowest BCUT2D eigenvalue weighted by Gasteiger charge is -2.13. The Labute approximate surface area is 99.9 Å². The molecule has 0 saturated heterocycles. The van der Waals surface area contributed by atoms with E-state index in [9.17, 15) is 5.11 Å². The third kappa shape index (κ3) is 2.11. The Hall–Kier alpha value is -1.29. The molecule has 2 aromatic rings. The number of hydrogen-bond donors (Lipinski definition) is 3. The van der Waals surface area contributed by atoms with E-state index in [1.54, 1.807) is 6.07 Å². The fraction of sp³-hybridized carbons (Fsp3) is 0.167. The number of halogens is 1. The summed E-state index contributed by atoms with van der Waals surface area (Å²) < 4.78 is 0. The molecule has 0 aliphatic rings. The number of aliphatic hydroxyl groups is 1. The van der Waals surface area contributed by atoms with Crippen molar-refractivity contribution in [1.29, 1.82) is 0 Å². The molecule has 2 aromatic carbocycles. The van der Waals surface area contributed by atoms with E-state index in [0.29, 0.717) is 5.56 Å². The molecule has 16 heavy (non-hydrogen) atoms. The van der Waals surface area contributed by atoms with Crippen LogP contribution in [-0.4, -0.2) is 16.8 Å². The van der Waals surface area contributed by atoms with E-state index in [1.165, 1.54) is 0 Å². The molecule has 0 spiro atoms. The summed E-state index contributed by atoms with van der Waals surface area (Å²) in [7, 11) is 0. The molecule has 0 radical (unpaired) electrons. The molecule has 0 saturated carbocycles. The van der Waals surface area contributed by atoms with Gasteiger partial charge in [0.25, 0.3) is 0 Å². The quantitative estimate of drug-likeness (QED) is 0.751. The number of rotatable bonds is 2. The van der Waals surface area contributed by atoms with E-state index in [2.05, 4.69) is 0 Å². The Balaban J connectivity index is 0.00000128. The molecule has 0 bridgehead atoms. The number of aliphatic hydroxyl groups excluding tert-OH is 1. The van der Waals surface area contributed by atoms with Gasteiger partial charge in [-0.1, -0.05) is 30.3 Å². The molecule has 0 fully saturated rings. The van der Waals surface area contributed by atoms with Crippen LogP contribution < -0.4 is 5.73 Å². The van der Waals surface area contributed by atoms with Crippen LogP contribution in [0.2, 0.25) is 0 Å². The van der Waals surface area contributed by atoms with Gasteiger partial charge in [0, 0.05) is 5.56 Å². The standard InChI is InChI=1S/C12H13NO2.ClH/c13-10(7-14)12-9-4-2-1-3-8(9)5-6-11(12)15;/h1-6,10,14-15H,7,13H2;1H/t10-;/m0./s1. The van der Waals surface area contributed by atoms with E-state index < -0.39 is 6.04 Å². The van der Waals surface area contributed by atoms with Gasteiger partial charge in [-0.05, 0) is 16.8 Å². The molecule has 4 N–H and O–H groups in total. The molecule has 0 heterocycles. The fourth-order valence-corrected chi connectivity index (χ4v) is 1.77. The fourth-order valence-electron chi connectivity index (χ4n) is 1.77. The number of nitrogens with two attached hydrogens (primary N) is 1. The Morgan fingerprint density at radius 1 is 1.12 bits per heavy atom. The van der Waals surface area contributed by atoms with Crippen molar-refractivity contribution in [1.82, 2.24) is 0 Å². The summed E-state index contributed by atoms with van der Waals surface area (Å²) in [6.45, 7) is -0.179. The van der Waals surface area contributed by atoms with E-state index in [0.717, 1.165) is 10.8 Å². The number of fused-ring (bicyclic) bond motifs is 1. The molecule has 0 amide bonds. The molecular weight excluding hydrogens is 226 g/mol. The molecule has 0 aromatic heterocycles. The molecule has 86 valence electrons. The van der Waals surface area contributed by atoms with E-state index in [-0.39, 0.29) is 24.8 Å². The van der Waals surface area contributed by atoms with Gasteiger partial charge in [0.15, 0.2) is 0 Å². The van der Waals surface area contributed by atoms with Gasteiger partial charge < -0.3 is 15.9 Å². The van der Waals surface area contributed by atoms with Gasteiger partial charge in [-0.2, -0.15) is 0 Å². The first kappa shape index (κ1) is 12.8. The summed E-state index contributed by atoms with van der Waals surface area (Å²) in [6.07, 6.45) is 0. The first-order valence-corrected chi connectivity index (χ1v) is 4.81. The topological polar surface area (TPSA) is 66.5 Å². The number of phenolic OH excluding ortho intramolecular Hbond substituents is 1. The van der Waals surface area contributed by atoms with Crippen molar-refractivity contribution in [2.75, 3.05) is 6.61 Å². The minimum Gasteiger partial charge on any atom is -0.508 e. The van der Waals surface area contributed by atoms with Crippen molar-refractivity contribution in [2.45, 2.75) is 6.04 Å². The highest BCUT2D eigenvalue weighted by molar-refractivity contribution is 5.88. The Morgan fingerprint density at radius 3 is 2.50 bits per heavy atom. The second-order valence-corrected chi connectivity index (χ2v) is 3.51. The van der Waals surface area contributed by atoms with Gasteiger partial charge in [0.2, 0.25) is 0 Å². The Morgan fingerprint density at radius 2 is 1.81 bits per heavy atom. The largest absolute Gasteiger partial charge is 0.508 e. The molecule has 1 atom stereocenters. The monoisotopic (exact) mass is 239 g/mol. The Bertz CT molecular complexity index is 487. The van der Waals surface area contributed by atoms with Crippen molar-refractivity contribution >= 4 is 23.2 Å². The maximum atomic E-state index is 9.72. The second kappa shape index (κ2) is 5.16. The lowest BCUT2D eigenvalue weighted by atomic mass is 9.98. The minimum atomic E-state index is -0.545.